The van der Waals surface area contributed by atoms with Gasteiger partial charge in [0.25, 0.3) is 0 Å². The molecule has 3 heteroatoms. The number of anilines is 2. The summed E-state index contributed by atoms with van der Waals surface area (Å²) in [7, 11) is 1.65. The number of hydrogen-bond acceptors (Lipinski definition) is 3. The summed E-state index contributed by atoms with van der Waals surface area (Å²) in [4.78, 5) is 0. The second-order valence-electron chi connectivity index (χ2n) is 4.62. The van der Waals surface area contributed by atoms with E-state index >= 15 is 0 Å². The van der Waals surface area contributed by atoms with Gasteiger partial charge in [0.05, 0.1) is 18.5 Å². The number of nitrogens with one attached hydrogen (secondary N) is 1. The fourth-order valence-corrected chi connectivity index (χ4v) is 2.02. The summed E-state index contributed by atoms with van der Waals surface area (Å²) >= 11 is 0. The Bertz CT molecular complexity index is 552. The number of rotatable bonds is 5. The lowest BCUT2D eigenvalue weighted by molar-refractivity contribution is 0.415. The molecule has 0 bridgehead atoms. The molecule has 0 fully saturated rings. The molecule has 0 aliphatic heterocycles. The number of hydrogen-bond donors (Lipinski definition) is 2. The summed E-state index contributed by atoms with van der Waals surface area (Å²) in [6.45, 7) is 2.96. The van der Waals surface area contributed by atoms with Crippen LogP contribution < -0.4 is 15.8 Å². The summed E-state index contributed by atoms with van der Waals surface area (Å²) in [5.74, 6) is 0.812. The first-order valence-corrected chi connectivity index (χ1v) is 6.42. The van der Waals surface area contributed by atoms with Gasteiger partial charge in [-0.25, -0.2) is 0 Å². The van der Waals surface area contributed by atoms with E-state index in [2.05, 4.69) is 36.5 Å². The zero-order valence-corrected chi connectivity index (χ0v) is 11.4. The Morgan fingerprint density at radius 2 is 2.00 bits per heavy atom. The molecule has 3 N–H and O–H groups in total. The molecular weight excluding hydrogens is 236 g/mol. The smallest absolute Gasteiger partial charge is 0.121 e. The third-order valence-electron chi connectivity index (χ3n) is 3.07. The number of methoxy groups -OCH3 is 1. The molecule has 2 aromatic carbocycles. The van der Waals surface area contributed by atoms with Gasteiger partial charge in [0, 0.05) is 12.6 Å². The molecule has 0 saturated carbocycles. The van der Waals surface area contributed by atoms with Gasteiger partial charge in [-0.05, 0) is 31.0 Å². The zero-order chi connectivity index (χ0) is 13.7. The molecule has 0 spiro atoms. The van der Waals surface area contributed by atoms with Crippen LogP contribution in [0.1, 0.15) is 11.1 Å². The van der Waals surface area contributed by atoms with E-state index in [1.54, 1.807) is 7.11 Å². The maximum atomic E-state index is 5.93. The summed E-state index contributed by atoms with van der Waals surface area (Å²) < 4.78 is 5.19. The quantitative estimate of drug-likeness (QED) is 0.807. The predicted octanol–water partition coefficient (Wildman–Crippen LogP) is 3.24. The van der Waals surface area contributed by atoms with Crippen molar-refractivity contribution in [1.82, 2.24) is 0 Å². The molecule has 3 nitrogen and oxygen atoms in total. The summed E-state index contributed by atoms with van der Waals surface area (Å²) in [5, 5.41) is 3.35. The Morgan fingerprint density at radius 1 is 1.16 bits per heavy atom. The van der Waals surface area contributed by atoms with E-state index in [0.717, 1.165) is 30.1 Å². The normalized spacial score (nSPS) is 10.2. The van der Waals surface area contributed by atoms with E-state index in [1.807, 2.05) is 18.2 Å². The molecule has 0 aromatic heterocycles. The average Bonchev–Trinajstić information content (AvgIpc) is 2.41. The van der Waals surface area contributed by atoms with Crippen molar-refractivity contribution < 1.29 is 4.74 Å². The number of benzene rings is 2. The molecule has 0 amide bonds. The zero-order valence-electron chi connectivity index (χ0n) is 11.4. The van der Waals surface area contributed by atoms with Crippen LogP contribution in [0.2, 0.25) is 0 Å². The van der Waals surface area contributed by atoms with E-state index in [1.165, 1.54) is 11.1 Å². The second-order valence-corrected chi connectivity index (χ2v) is 4.62. The first-order valence-electron chi connectivity index (χ1n) is 6.42. The highest BCUT2D eigenvalue weighted by atomic mass is 16.5. The van der Waals surface area contributed by atoms with Crippen LogP contribution >= 0.6 is 0 Å². The van der Waals surface area contributed by atoms with Crippen LogP contribution in [-0.2, 0) is 6.42 Å². The Kier molecular flexibility index (Phi) is 4.29. The van der Waals surface area contributed by atoms with Crippen LogP contribution in [0.15, 0.2) is 42.5 Å². The molecule has 0 unspecified atom stereocenters. The fourth-order valence-electron chi connectivity index (χ4n) is 2.02. The standard InChI is InChI=1S/C16H20N2O/c1-12-4-3-5-13(10-12)8-9-18-16-11-14(19-2)6-7-15(16)17/h3-7,10-11,18H,8-9,17H2,1-2H3. The minimum atomic E-state index is 0.741. The highest BCUT2D eigenvalue weighted by Crippen LogP contribution is 2.24. The minimum absolute atomic E-state index is 0.741. The molecule has 2 aromatic rings. The number of nitrogens with two attached hydrogens (primary N) is 1. The van der Waals surface area contributed by atoms with E-state index in [-0.39, 0.29) is 0 Å². The van der Waals surface area contributed by atoms with Gasteiger partial charge in [-0.1, -0.05) is 29.8 Å². The van der Waals surface area contributed by atoms with Gasteiger partial charge >= 0.3 is 0 Å². The van der Waals surface area contributed by atoms with Gasteiger partial charge in [-0.2, -0.15) is 0 Å². The van der Waals surface area contributed by atoms with Crippen LogP contribution in [-0.4, -0.2) is 13.7 Å². The summed E-state index contributed by atoms with van der Waals surface area (Å²) in [6.07, 6.45) is 0.971. The van der Waals surface area contributed by atoms with E-state index in [4.69, 9.17) is 10.5 Å². The van der Waals surface area contributed by atoms with Crippen molar-refractivity contribution in [1.29, 1.82) is 0 Å². The monoisotopic (exact) mass is 256 g/mol. The molecule has 0 heterocycles. The van der Waals surface area contributed by atoms with Crippen LogP contribution in [0.5, 0.6) is 5.75 Å². The highest BCUT2D eigenvalue weighted by molar-refractivity contribution is 5.68. The van der Waals surface area contributed by atoms with Gasteiger partial charge in [0.2, 0.25) is 0 Å². The maximum Gasteiger partial charge on any atom is 0.121 e. The molecular formula is C16H20N2O. The molecule has 0 atom stereocenters. The largest absolute Gasteiger partial charge is 0.497 e. The molecule has 0 saturated heterocycles. The topological polar surface area (TPSA) is 47.3 Å². The molecule has 0 aliphatic carbocycles. The second kappa shape index (κ2) is 6.14. The van der Waals surface area contributed by atoms with Crippen molar-refractivity contribution >= 4 is 11.4 Å². The van der Waals surface area contributed by atoms with E-state index in [0.29, 0.717) is 0 Å². The third-order valence-corrected chi connectivity index (χ3v) is 3.07. The van der Waals surface area contributed by atoms with Crippen LogP contribution in [0.25, 0.3) is 0 Å². The lowest BCUT2D eigenvalue weighted by Gasteiger charge is -2.11. The van der Waals surface area contributed by atoms with Gasteiger partial charge in [0.15, 0.2) is 0 Å². The minimum Gasteiger partial charge on any atom is -0.497 e. The van der Waals surface area contributed by atoms with Crippen molar-refractivity contribution in [2.24, 2.45) is 0 Å². The first kappa shape index (κ1) is 13.3. The third kappa shape index (κ3) is 3.65. The Morgan fingerprint density at radius 3 is 2.74 bits per heavy atom. The number of aryl methyl sites for hydroxylation is 1. The van der Waals surface area contributed by atoms with Crippen molar-refractivity contribution in [2.75, 3.05) is 24.7 Å². The van der Waals surface area contributed by atoms with Crippen molar-refractivity contribution in [3.63, 3.8) is 0 Å². The van der Waals surface area contributed by atoms with Crippen LogP contribution in [0.4, 0.5) is 11.4 Å². The van der Waals surface area contributed by atoms with Gasteiger partial charge in [-0.15, -0.1) is 0 Å². The number of nitrogen functional groups attached to an aromatic ring is 1. The summed E-state index contributed by atoms with van der Waals surface area (Å²) in [5.41, 5.74) is 10.2. The van der Waals surface area contributed by atoms with E-state index in [9.17, 15) is 0 Å². The van der Waals surface area contributed by atoms with Crippen molar-refractivity contribution in [3.05, 3.63) is 53.6 Å². The highest BCUT2D eigenvalue weighted by Gasteiger charge is 2.01. The van der Waals surface area contributed by atoms with E-state index < -0.39 is 0 Å². The fraction of sp³-hybridized carbons (Fsp3) is 0.250. The maximum absolute atomic E-state index is 5.93. The van der Waals surface area contributed by atoms with Gasteiger partial charge in [-0.3, -0.25) is 0 Å². The van der Waals surface area contributed by atoms with Crippen molar-refractivity contribution in [3.8, 4) is 5.75 Å². The SMILES string of the molecule is COc1ccc(N)c(NCCc2cccc(C)c2)c1. The lowest BCUT2D eigenvalue weighted by Crippen LogP contribution is -2.07. The predicted molar refractivity (Wildman–Crippen MR) is 80.8 cm³/mol. The summed E-state index contributed by atoms with van der Waals surface area (Å²) in [6, 6.07) is 14.2. The lowest BCUT2D eigenvalue weighted by atomic mass is 10.1. The molecule has 0 aliphatic rings. The van der Waals surface area contributed by atoms with Crippen LogP contribution in [0.3, 0.4) is 0 Å². The van der Waals surface area contributed by atoms with Crippen molar-refractivity contribution in [2.45, 2.75) is 13.3 Å². The molecule has 19 heavy (non-hydrogen) atoms. The molecule has 100 valence electrons. The Labute approximate surface area is 114 Å². The molecule has 0 radical (unpaired) electrons. The van der Waals surface area contributed by atoms with Gasteiger partial charge in [0.1, 0.15) is 5.75 Å². The molecule has 2 rings (SSSR count). The van der Waals surface area contributed by atoms with Gasteiger partial charge < -0.3 is 15.8 Å². The Balaban J connectivity index is 1.95. The Hall–Kier alpha value is -2.16. The first-order chi connectivity index (χ1) is 9.19. The average molecular weight is 256 g/mol. The number of ether oxygens (including phenoxy) is 1. The van der Waals surface area contributed by atoms with Crippen LogP contribution in [0, 0.1) is 6.92 Å².